The van der Waals surface area contributed by atoms with Gasteiger partial charge in [0.2, 0.25) is 17.5 Å². The van der Waals surface area contributed by atoms with E-state index in [9.17, 15) is 86.2 Å². The molecule has 4 heterocycles. The van der Waals surface area contributed by atoms with Gasteiger partial charge >= 0.3 is 5.97 Å². The Morgan fingerprint density at radius 2 is 1.28 bits per heavy atom. The summed E-state index contributed by atoms with van der Waals surface area (Å²) < 4.78 is 46.1. The maximum Gasteiger partial charge on any atom is 0.330 e. The molecule has 1 aromatic heterocycles. The van der Waals surface area contributed by atoms with Crippen molar-refractivity contribution < 1.29 is 119 Å². The molecular weight excluding hydrogens is 904 g/mol. The number of esters is 1. The van der Waals surface area contributed by atoms with Crippen molar-refractivity contribution in [2.24, 2.45) is 0 Å². The summed E-state index contributed by atoms with van der Waals surface area (Å²) in [5.74, 6) is -7.73. The van der Waals surface area contributed by atoms with Gasteiger partial charge in [0.15, 0.2) is 53.2 Å². The first-order valence-corrected chi connectivity index (χ1v) is 20.1. The van der Waals surface area contributed by atoms with Crippen LogP contribution in [-0.4, -0.2) is 188 Å². The van der Waals surface area contributed by atoms with E-state index in [4.69, 9.17) is 37.6 Å². The smallest absolute Gasteiger partial charge is 0.330 e. The molecule has 0 spiro atoms. The van der Waals surface area contributed by atoms with E-state index >= 15 is 0 Å². The van der Waals surface area contributed by atoms with E-state index in [1.807, 2.05) is 0 Å². The number of rotatable bonds is 12. The standard InChI is InChI=1S/C42H46O25/c1-13-27(51)33(57)38(41(61-13)65-37-31(55)26-19(47)9-16(44)10-22(26)62-36(37)15-7-20(48)28(52)21(49)8-15)67-42-39(66-40-35(59)32(56)29(53)23(11-43)63-40)34(58)30(54)24(64-42)12-60-25(50)5-3-14-2-4-17(45)18(46)6-14/h2-10,13,23-24,27,29-30,32-35,38-49,51-54,56-59H,11-12H2,1H3/b5-3+/t13?,23?,24?,27-,29+,30+,32+,33-,34+,35?,38?,39?,40-,41-,42-/m0/s1. The summed E-state index contributed by atoms with van der Waals surface area (Å²) in [5.41, 5.74) is -1.77. The maximum atomic E-state index is 14.2. The molecule has 3 fully saturated rings. The third-order valence-corrected chi connectivity index (χ3v) is 11.1. The number of hydrogen-bond donors (Lipinski definition) is 15. The van der Waals surface area contributed by atoms with E-state index in [0.29, 0.717) is 0 Å². The molecule has 3 saturated heterocycles. The zero-order chi connectivity index (χ0) is 48.8. The fourth-order valence-electron chi connectivity index (χ4n) is 7.47. The van der Waals surface area contributed by atoms with Crippen LogP contribution in [0.15, 0.2) is 57.8 Å². The molecular formula is C42H46O25. The van der Waals surface area contributed by atoms with Crippen LogP contribution >= 0.6 is 0 Å². The quantitative estimate of drug-likeness (QED) is 0.0397. The van der Waals surface area contributed by atoms with Crippen molar-refractivity contribution >= 4 is 23.0 Å². The number of carbonyl (C=O) groups excluding carboxylic acids is 1. The number of phenols is 7. The minimum atomic E-state index is -2.19. The highest BCUT2D eigenvalue weighted by Gasteiger charge is 2.54. The van der Waals surface area contributed by atoms with Crippen LogP contribution in [0.2, 0.25) is 0 Å². The number of aromatic hydroxyl groups is 7. The van der Waals surface area contributed by atoms with Gasteiger partial charge in [-0.1, -0.05) is 6.07 Å². The van der Waals surface area contributed by atoms with Crippen LogP contribution in [0.4, 0.5) is 0 Å². The molecule has 0 amide bonds. The second-order valence-electron chi connectivity index (χ2n) is 15.7. The minimum absolute atomic E-state index is 0.254. The highest BCUT2D eigenvalue weighted by atomic mass is 16.8. The van der Waals surface area contributed by atoms with E-state index in [0.717, 1.165) is 42.5 Å². The van der Waals surface area contributed by atoms with Gasteiger partial charge in [-0.3, -0.25) is 4.79 Å². The zero-order valence-corrected chi connectivity index (χ0v) is 34.6. The Morgan fingerprint density at radius 3 is 1.96 bits per heavy atom. The molecule has 364 valence electrons. The molecule has 7 rings (SSSR count). The summed E-state index contributed by atoms with van der Waals surface area (Å²) in [4.78, 5) is 27.0. The van der Waals surface area contributed by atoms with Crippen LogP contribution in [0.3, 0.4) is 0 Å². The molecule has 0 radical (unpaired) electrons. The molecule has 25 heteroatoms. The Hall–Kier alpha value is -6.04. The Kier molecular flexibility index (Phi) is 14.3. The number of phenolic OH excluding ortho intramolecular Hbond substituents is 7. The summed E-state index contributed by atoms with van der Waals surface area (Å²) in [6.07, 6.45) is -27.2. The number of aliphatic hydroxyl groups is 8. The lowest BCUT2D eigenvalue weighted by Gasteiger charge is -2.48. The molecule has 0 saturated carbocycles. The fraction of sp³-hybridized carbons (Fsp3) is 0.429. The third-order valence-electron chi connectivity index (χ3n) is 11.1. The van der Waals surface area contributed by atoms with Crippen molar-refractivity contribution in [3.8, 4) is 57.3 Å². The number of ether oxygens (including phenoxy) is 7. The maximum absolute atomic E-state index is 14.2. The average Bonchev–Trinajstić information content (AvgIpc) is 3.28. The highest BCUT2D eigenvalue weighted by molar-refractivity contribution is 5.89. The van der Waals surface area contributed by atoms with E-state index in [1.165, 1.54) is 19.1 Å². The van der Waals surface area contributed by atoms with Crippen LogP contribution in [0.25, 0.3) is 28.4 Å². The van der Waals surface area contributed by atoms with E-state index in [2.05, 4.69) is 0 Å². The normalized spacial score (nSPS) is 32.3. The van der Waals surface area contributed by atoms with Gasteiger partial charge in [-0.2, -0.15) is 0 Å². The first-order chi connectivity index (χ1) is 31.7. The molecule has 4 aromatic rings. The Balaban J connectivity index is 1.25. The molecule has 67 heavy (non-hydrogen) atoms. The largest absolute Gasteiger partial charge is 0.508 e. The van der Waals surface area contributed by atoms with Crippen molar-refractivity contribution in [1.29, 1.82) is 0 Å². The second kappa shape index (κ2) is 19.7. The Bertz CT molecular complexity index is 2500. The van der Waals surface area contributed by atoms with Gasteiger partial charge in [-0.15, -0.1) is 0 Å². The van der Waals surface area contributed by atoms with Gasteiger partial charge in [0, 0.05) is 23.8 Å². The van der Waals surface area contributed by atoms with Crippen molar-refractivity contribution in [3.05, 3.63) is 64.3 Å². The number of carbonyl (C=O) groups is 1. The fourth-order valence-corrected chi connectivity index (χ4v) is 7.47. The van der Waals surface area contributed by atoms with E-state index in [-0.39, 0.29) is 11.1 Å². The minimum Gasteiger partial charge on any atom is -0.508 e. The summed E-state index contributed by atoms with van der Waals surface area (Å²) in [6.45, 7) is -0.508. The summed E-state index contributed by atoms with van der Waals surface area (Å²) in [7, 11) is 0. The van der Waals surface area contributed by atoms with Crippen LogP contribution in [0.5, 0.6) is 46.0 Å². The molecule has 3 aliphatic rings. The predicted molar refractivity (Wildman–Crippen MR) is 217 cm³/mol. The lowest BCUT2D eigenvalue weighted by molar-refractivity contribution is -0.388. The van der Waals surface area contributed by atoms with Crippen LogP contribution < -0.4 is 10.2 Å². The Labute approximate surface area is 375 Å². The number of benzene rings is 3. The summed E-state index contributed by atoms with van der Waals surface area (Å²) in [5, 5.41) is 157. The van der Waals surface area contributed by atoms with E-state index < -0.39 is 179 Å². The lowest BCUT2D eigenvalue weighted by atomic mass is 9.96. The van der Waals surface area contributed by atoms with Crippen LogP contribution in [-0.2, 0) is 33.2 Å². The van der Waals surface area contributed by atoms with Gasteiger partial charge in [0.25, 0.3) is 0 Å². The molecule has 15 atom stereocenters. The monoisotopic (exact) mass is 950 g/mol. The molecule has 3 aliphatic heterocycles. The van der Waals surface area contributed by atoms with Crippen molar-refractivity contribution in [3.63, 3.8) is 0 Å². The van der Waals surface area contributed by atoms with Gasteiger partial charge in [0.05, 0.1) is 12.7 Å². The SMILES string of the molecule is CC1O[C@@H](Oc2c(-c3cc(O)c(O)c(O)c3)oc3cc(O)cc(O)c3c2=O)C(O[C@@H]2OC(COC(=O)/C=C/c3ccc(O)c(O)c3)[C@@H](O)[C@@H](O)C2O[C@@H]2OC(CO)[C@@H](O)[C@@H](O)C2O)[C@@H](O)[C@H]1O. The molecule has 0 bridgehead atoms. The van der Waals surface area contributed by atoms with Gasteiger partial charge in [-0.05, 0) is 42.8 Å². The zero-order valence-electron chi connectivity index (χ0n) is 34.6. The summed E-state index contributed by atoms with van der Waals surface area (Å²) >= 11 is 0. The lowest BCUT2D eigenvalue weighted by Crippen LogP contribution is -2.67. The number of hydrogen-bond acceptors (Lipinski definition) is 25. The molecule has 25 nitrogen and oxygen atoms in total. The molecule has 0 aliphatic carbocycles. The molecule has 15 N–H and O–H groups in total. The molecule has 6 unspecified atom stereocenters. The molecule has 3 aromatic carbocycles. The van der Waals surface area contributed by atoms with Gasteiger partial charge in [-0.25, -0.2) is 4.79 Å². The van der Waals surface area contributed by atoms with Crippen molar-refractivity contribution in [1.82, 2.24) is 0 Å². The average molecular weight is 951 g/mol. The topological polar surface area (TPSA) is 415 Å². The van der Waals surface area contributed by atoms with Crippen LogP contribution in [0, 0.1) is 0 Å². The van der Waals surface area contributed by atoms with Crippen molar-refractivity contribution in [2.45, 2.75) is 99.0 Å². The van der Waals surface area contributed by atoms with Crippen molar-refractivity contribution in [2.75, 3.05) is 13.2 Å². The second-order valence-corrected chi connectivity index (χ2v) is 15.7. The predicted octanol–water partition coefficient (Wildman–Crippen LogP) is -2.48. The van der Waals surface area contributed by atoms with Crippen LogP contribution in [0.1, 0.15) is 12.5 Å². The van der Waals surface area contributed by atoms with Gasteiger partial charge in [0.1, 0.15) is 90.1 Å². The van der Waals surface area contributed by atoms with E-state index in [1.54, 1.807) is 0 Å². The Morgan fingerprint density at radius 1 is 0.657 bits per heavy atom. The third kappa shape index (κ3) is 9.86. The highest BCUT2D eigenvalue weighted by Crippen LogP contribution is 2.44. The number of aliphatic hydroxyl groups excluding tert-OH is 8. The first kappa shape index (κ1) is 48.9. The van der Waals surface area contributed by atoms with Gasteiger partial charge < -0.3 is 114 Å². The summed E-state index contributed by atoms with van der Waals surface area (Å²) in [6, 6.07) is 7.01. The number of fused-ring (bicyclic) bond motifs is 1. The first-order valence-electron chi connectivity index (χ1n) is 20.1.